The summed E-state index contributed by atoms with van der Waals surface area (Å²) in [5.41, 5.74) is -0.408. The number of carbonyl (C=O) groups is 1. The molecule has 0 heterocycles. The van der Waals surface area contributed by atoms with Gasteiger partial charge in [-0.05, 0) is 5.41 Å². The maximum Gasteiger partial charge on any atom is 0.238 e. The van der Waals surface area contributed by atoms with Crippen molar-refractivity contribution in [3.05, 3.63) is 0 Å². The normalized spacial score (nSPS) is 14.3. The Hall–Kier alpha value is -1.30. The van der Waals surface area contributed by atoms with E-state index in [1.54, 1.807) is 7.11 Å². The molecule has 0 aromatic heterocycles. The van der Waals surface area contributed by atoms with Crippen molar-refractivity contribution in [1.82, 2.24) is 5.32 Å². The Morgan fingerprint density at radius 1 is 1.41 bits per heavy atom. The van der Waals surface area contributed by atoms with Crippen LogP contribution in [0.2, 0.25) is 0 Å². The maximum atomic E-state index is 11.8. The van der Waals surface area contributed by atoms with Gasteiger partial charge in [-0.15, -0.1) is 0 Å². The molecule has 6 heteroatoms. The summed E-state index contributed by atoms with van der Waals surface area (Å²) in [5.74, 6) is -0.883. The van der Waals surface area contributed by atoms with Gasteiger partial charge in [0, 0.05) is 14.2 Å². The molecule has 0 aliphatic rings. The zero-order chi connectivity index (χ0) is 13.5. The third kappa shape index (κ3) is 5.04. The number of ether oxygens (including phenoxy) is 2. The van der Waals surface area contributed by atoms with Crippen LogP contribution in [0.3, 0.4) is 0 Å². The van der Waals surface area contributed by atoms with Gasteiger partial charge in [0.1, 0.15) is 12.5 Å². The summed E-state index contributed by atoms with van der Waals surface area (Å²) in [4.78, 5) is 11.8. The molecule has 1 amide bonds. The molecule has 0 aromatic rings. The fourth-order valence-electron chi connectivity index (χ4n) is 1.42. The number of nitrogens with one attached hydrogen (secondary N) is 1. The van der Waals surface area contributed by atoms with E-state index in [1.807, 2.05) is 20.8 Å². The van der Waals surface area contributed by atoms with E-state index >= 15 is 0 Å². The Kier molecular flexibility index (Phi) is 6.57. The van der Waals surface area contributed by atoms with Crippen molar-refractivity contribution in [1.29, 1.82) is 0 Å². The van der Waals surface area contributed by atoms with Crippen LogP contribution < -0.4 is 5.32 Å². The van der Waals surface area contributed by atoms with Crippen molar-refractivity contribution in [2.45, 2.75) is 20.8 Å². The molecule has 0 saturated carbocycles. The van der Waals surface area contributed by atoms with E-state index in [4.69, 9.17) is 14.7 Å². The van der Waals surface area contributed by atoms with Gasteiger partial charge >= 0.3 is 0 Å². The first-order valence-electron chi connectivity index (χ1n) is 5.43. The van der Waals surface area contributed by atoms with Crippen LogP contribution in [0.15, 0.2) is 5.16 Å². The highest BCUT2D eigenvalue weighted by Gasteiger charge is 2.37. The monoisotopic (exact) mass is 246 g/mol. The Bertz CT molecular complexity index is 271. The maximum absolute atomic E-state index is 11.8. The molecule has 0 fully saturated rings. The molecule has 0 spiro atoms. The lowest BCUT2D eigenvalue weighted by atomic mass is 9.80. The van der Waals surface area contributed by atoms with Crippen LogP contribution in [0, 0.1) is 11.3 Å². The van der Waals surface area contributed by atoms with Gasteiger partial charge in [0.05, 0.1) is 6.61 Å². The van der Waals surface area contributed by atoms with E-state index in [-0.39, 0.29) is 18.4 Å². The van der Waals surface area contributed by atoms with Crippen LogP contribution in [-0.4, -0.2) is 44.4 Å². The van der Waals surface area contributed by atoms with Crippen LogP contribution in [0.1, 0.15) is 20.8 Å². The molecule has 0 aliphatic heterocycles. The first-order valence-corrected chi connectivity index (χ1v) is 5.43. The Balaban J connectivity index is 4.82. The first-order chi connectivity index (χ1) is 7.88. The molecule has 0 bridgehead atoms. The number of nitrogens with zero attached hydrogens (tertiary/aromatic N) is 1. The van der Waals surface area contributed by atoms with Crippen molar-refractivity contribution in [3.63, 3.8) is 0 Å². The quantitative estimate of drug-likeness (QED) is 0.248. The van der Waals surface area contributed by atoms with Crippen molar-refractivity contribution < 1.29 is 19.5 Å². The predicted molar refractivity (Wildman–Crippen MR) is 64.1 cm³/mol. The summed E-state index contributed by atoms with van der Waals surface area (Å²) < 4.78 is 10.1. The SMILES string of the molecule is CNC(=O)C(C(=NO)OCCOC)C(C)(C)C. The van der Waals surface area contributed by atoms with Crippen molar-refractivity contribution in [2.24, 2.45) is 16.5 Å². The molecule has 0 rings (SSSR count). The van der Waals surface area contributed by atoms with Gasteiger partial charge < -0.3 is 20.0 Å². The fourth-order valence-corrected chi connectivity index (χ4v) is 1.42. The minimum atomic E-state index is -0.644. The number of hydrogen-bond donors (Lipinski definition) is 2. The van der Waals surface area contributed by atoms with Crippen molar-refractivity contribution >= 4 is 11.8 Å². The smallest absolute Gasteiger partial charge is 0.238 e. The lowest BCUT2D eigenvalue weighted by Gasteiger charge is -2.28. The van der Waals surface area contributed by atoms with E-state index in [0.717, 1.165) is 0 Å². The minimum absolute atomic E-state index is 0.00824. The van der Waals surface area contributed by atoms with Gasteiger partial charge in [-0.3, -0.25) is 4.79 Å². The third-order valence-corrected chi connectivity index (χ3v) is 2.26. The van der Waals surface area contributed by atoms with E-state index < -0.39 is 11.3 Å². The molecular formula is C11H22N2O4. The highest BCUT2D eigenvalue weighted by Crippen LogP contribution is 2.27. The molecule has 0 radical (unpaired) electrons. The van der Waals surface area contributed by atoms with E-state index in [1.165, 1.54) is 7.05 Å². The summed E-state index contributed by atoms with van der Waals surface area (Å²) in [6.07, 6.45) is 0. The van der Waals surface area contributed by atoms with Crippen molar-refractivity contribution in [2.75, 3.05) is 27.4 Å². The number of hydrogen-bond acceptors (Lipinski definition) is 5. The second-order valence-electron chi connectivity index (χ2n) is 4.69. The van der Waals surface area contributed by atoms with Gasteiger partial charge in [-0.1, -0.05) is 25.9 Å². The van der Waals surface area contributed by atoms with Crippen LogP contribution in [0.4, 0.5) is 0 Å². The van der Waals surface area contributed by atoms with E-state index in [0.29, 0.717) is 6.61 Å². The first kappa shape index (κ1) is 15.7. The Morgan fingerprint density at radius 3 is 2.35 bits per heavy atom. The van der Waals surface area contributed by atoms with Crippen LogP contribution >= 0.6 is 0 Å². The van der Waals surface area contributed by atoms with Gasteiger partial charge in [0.2, 0.25) is 11.8 Å². The highest BCUT2D eigenvalue weighted by molar-refractivity contribution is 6.00. The molecular weight excluding hydrogens is 224 g/mol. The minimum Gasteiger partial charge on any atom is -0.476 e. The average Bonchev–Trinajstić information content (AvgIpc) is 2.25. The lowest BCUT2D eigenvalue weighted by Crippen LogP contribution is -2.42. The third-order valence-electron chi connectivity index (χ3n) is 2.26. The summed E-state index contributed by atoms with van der Waals surface area (Å²) in [6.45, 7) is 6.22. The fraction of sp³-hybridized carbons (Fsp3) is 0.818. The lowest BCUT2D eigenvalue weighted by molar-refractivity contribution is -0.125. The molecule has 0 saturated heterocycles. The molecule has 2 N–H and O–H groups in total. The van der Waals surface area contributed by atoms with Gasteiger partial charge in [-0.25, -0.2) is 0 Å². The number of oxime groups is 1. The van der Waals surface area contributed by atoms with Crippen molar-refractivity contribution in [3.8, 4) is 0 Å². The van der Waals surface area contributed by atoms with Crippen LogP contribution in [0.25, 0.3) is 0 Å². The van der Waals surface area contributed by atoms with E-state index in [2.05, 4.69) is 10.5 Å². The number of amides is 1. The summed E-state index contributed by atoms with van der Waals surface area (Å²) >= 11 is 0. The zero-order valence-corrected chi connectivity index (χ0v) is 11.1. The summed E-state index contributed by atoms with van der Waals surface area (Å²) in [6, 6.07) is 0. The molecule has 100 valence electrons. The number of rotatable bonds is 5. The van der Waals surface area contributed by atoms with Gasteiger partial charge in [0.15, 0.2) is 0 Å². The molecule has 1 atom stereocenters. The predicted octanol–water partition coefficient (Wildman–Crippen LogP) is 0.845. The van der Waals surface area contributed by atoms with Crippen LogP contribution in [0.5, 0.6) is 0 Å². The average molecular weight is 246 g/mol. The summed E-state index contributed by atoms with van der Waals surface area (Å²) in [5, 5.41) is 14.6. The van der Waals surface area contributed by atoms with Crippen LogP contribution in [-0.2, 0) is 14.3 Å². The Labute approximate surface area is 102 Å². The number of carbonyl (C=O) groups excluding carboxylic acids is 1. The van der Waals surface area contributed by atoms with Gasteiger partial charge in [-0.2, -0.15) is 0 Å². The number of methoxy groups -OCH3 is 1. The second kappa shape index (κ2) is 7.11. The highest BCUT2D eigenvalue weighted by atomic mass is 16.5. The molecule has 0 aliphatic carbocycles. The standard InChI is InChI=1S/C11H22N2O4/c1-11(2,3)8(9(14)12-4)10(13-15)17-7-6-16-5/h8,15H,6-7H2,1-5H3,(H,12,14). The Morgan fingerprint density at radius 2 is 2.00 bits per heavy atom. The topological polar surface area (TPSA) is 80.2 Å². The molecule has 6 nitrogen and oxygen atoms in total. The summed E-state index contributed by atoms with van der Waals surface area (Å²) in [7, 11) is 3.07. The van der Waals surface area contributed by atoms with E-state index in [9.17, 15) is 4.79 Å². The zero-order valence-electron chi connectivity index (χ0n) is 11.1. The largest absolute Gasteiger partial charge is 0.476 e. The molecule has 17 heavy (non-hydrogen) atoms. The molecule has 0 aromatic carbocycles. The van der Waals surface area contributed by atoms with Gasteiger partial charge in [0.25, 0.3) is 0 Å². The molecule has 1 unspecified atom stereocenters. The second-order valence-corrected chi connectivity index (χ2v) is 4.69.